The summed E-state index contributed by atoms with van der Waals surface area (Å²) in [5.74, 6) is 0.00976. The third-order valence-electron chi connectivity index (χ3n) is 2.81. The van der Waals surface area contributed by atoms with Crippen molar-refractivity contribution in [2.75, 3.05) is 13.1 Å². The molecule has 0 aliphatic carbocycles. The van der Waals surface area contributed by atoms with Crippen molar-refractivity contribution in [2.45, 2.75) is 45.2 Å². The summed E-state index contributed by atoms with van der Waals surface area (Å²) >= 11 is 0. The SMILES string of the molecule is CCC(=O)NC1CCCN(C(=O)[C@@H](C)N)C1.Cl. The molecule has 17 heavy (non-hydrogen) atoms. The lowest BCUT2D eigenvalue weighted by atomic mass is 10.0. The molecule has 1 unspecified atom stereocenters. The van der Waals surface area contributed by atoms with E-state index in [1.54, 1.807) is 11.8 Å². The Balaban J connectivity index is 0.00000256. The Morgan fingerprint density at radius 1 is 1.53 bits per heavy atom. The summed E-state index contributed by atoms with van der Waals surface area (Å²) in [7, 11) is 0. The average molecular weight is 264 g/mol. The fourth-order valence-corrected chi connectivity index (χ4v) is 1.91. The Kier molecular flexibility index (Phi) is 7.15. The van der Waals surface area contributed by atoms with Crippen LogP contribution in [0.5, 0.6) is 0 Å². The van der Waals surface area contributed by atoms with Crippen LogP contribution >= 0.6 is 12.4 Å². The van der Waals surface area contributed by atoms with Gasteiger partial charge in [0.15, 0.2) is 0 Å². The number of hydrogen-bond donors (Lipinski definition) is 2. The van der Waals surface area contributed by atoms with Gasteiger partial charge in [-0.05, 0) is 19.8 Å². The number of nitrogens with two attached hydrogens (primary N) is 1. The predicted molar refractivity (Wildman–Crippen MR) is 68.9 cm³/mol. The molecule has 3 N–H and O–H groups in total. The Morgan fingerprint density at radius 2 is 2.18 bits per heavy atom. The highest BCUT2D eigenvalue weighted by Crippen LogP contribution is 2.11. The maximum Gasteiger partial charge on any atom is 0.239 e. The lowest BCUT2D eigenvalue weighted by Crippen LogP contribution is -2.52. The number of carbonyl (C=O) groups excluding carboxylic acids is 2. The van der Waals surface area contributed by atoms with Gasteiger partial charge in [0.2, 0.25) is 11.8 Å². The maximum atomic E-state index is 11.7. The molecule has 6 heteroatoms. The summed E-state index contributed by atoms with van der Waals surface area (Å²) in [5, 5.41) is 2.92. The van der Waals surface area contributed by atoms with Crippen LogP contribution in [0.3, 0.4) is 0 Å². The summed E-state index contributed by atoms with van der Waals surface area (Å²) in [4.78, 5) is 24.7. The molecule has 0 aromatic rings. The summed E-state index contributed by atoms with van der Waals surface area (Å²) < 4.78 is 0. The second kappa shape index (κ2) is 7.50. The smallest absolute Gasteiger partial charge is 0.239 e. The molecule has 1 rings (SSSR count). The van der Waals surface area contributed by atoms with Gasteiger partial charge in [0.05, 0.1) is 6.04 Å². The molecule has 1 fully saturated rings. The van der Waals surface area contributed by atoms with Crippen LogP contribution in [-0.4, -0.2) is 41.9 Å². The minimum absolute atomic E-state index is 0. The molecule has 1 aliphatic heterocycles. The summed E-state index contributed by atoms with van der Waals surface area (Å²) in [6, 6.07) is -0.371. The average Bonchev–Trinajstić information content (AvgIpc) is 2.28. The number of likely N-dealkylation sites (tertiary alicyclic amines) is 1. The van der Waals surface area contributed by atoms with Gasteiger partial charge in [0.25, 0.3) is 0 Å². The highest BCUT2D eigenvalue weighted by molar-refractivity contribution is 5.85. The molecule has 0 spiro atoms. The molecule has 0 saturated carbocycles. The zero-order chi connectivity index (χ0) is 12.1. The molecule has 100 valence electrons. The number of carbonyl (C=O) groups is 2. The van der Waals surface area contributed by atoms with Gasteiger partial charge in [-0.15, -0.1) is 12.4 Å². The van der Waals surface area contributed by atoms with Gasteiger partial charge >= 0.3 is 0 Å². The molecule has 1 saturated heterocycles. The molecule has 2 amide bonds. The number of amides is 2. The first-order valence-corrected chi connectivity index (χ1v) is 5.88. The highest BCUT2D eigenvalue weighted by Gasteiger charge is 2.25. The minimum Gasteiger partial charge on any atom is -0.352 e. The van der Waals surface area contributed by atoms with E-state index in [-0.39, 0.29) is 30.3 Å². The number of hydrogen-bond acceptors (Lipinski definition) is 3. The summed E-state index contributed by atoms with van der Waals surface area (Å²) in [6.45, 7) is 4.85. The largest absolute Gasteiger partial charge is 0.352 e. The van der Waals surface area contributed by atoms with E-state index in [9.17, 15) is 9.59 Å². The lowest BCUT2D eigenvalue weighted by Gasteiger charge is -2.34. The molecule has 2 atom stereocenters. The normalized spacial score (nSPS) is 21.4. The Morgan fingerprint density at radius 3 is 2.71 bits per heavy atom. The van der Waals surface area contributed by atoms with Gasteiger partial charge in [-0.2, -0.15) is 0 Å². The van der Waals surface area contributed by atoms with Gasteiger partial charge in [-0.1, -0.05) is 6.92 Å². The molecule has 0 aromatic heterocycles. The van der Waals surface area contributed by atoms with Crippen molar-refractivity contribution in [3.63, 3.8) is 0 Å². The molecular formula is C11H22ClN3O2. The zero-order valence-electron chi connectivity index (χ0n) is 10.4. The Hall–Kier alpha value is -0.810. The molecule has 1 aliphatic rings. The van der Waals surface area contributed by atoms with Crippen LogP contribution in [0, 0.1) is 0 Å². The van der Waals surface area contributed by atoms with Crippen molar-refractivity contribution < 1.29 is 9.59 Å². The minimum atomic E-state index is -0.458. The first-order valence-electron chi connectivity index (χ1n) is 5.88. The van der Waals surface area contributed by atoms with Crippen LogP contribution < -0.4 is 11.1 Å². The molecular weight excluding hydrogens is 242 g/mol. The molecule has 0 radical (unpaired) electrons. The van der Waals surface area contributed by atoms with Crippen LogP contribution in [0.25, 0.3) is 0 Å². The number of nitrogens with one attached hydrogen (secondary N) is 1. The fourth-order valence-electron chi connectivity index (χ4n) is 1.91. The zero-order valence-corrected chi connectivity index (χ0v) is 11.3. The summed E-state index contributed by atoms with van der Waals surface area (Å²) in [5.41, 5.74) is 5.56. The van der Waals surface area contributed by atoms with Crippen LogP contribution in [0.1, 0.15) is 33.1 Å². The van der Waals surface area contributed by atoms with Gasteiger partial charge in [-0.3, -0.25) is 9.59 Å². The standard InChI is InChI=1S/C11H21N3O2.ClH/c1-3-10(15)13-9-5-4-6-14(7-9)11(16)8(2)12;/h8-9H,3-7,12H2,1-2H3,(H,13,15);1H/t8-,9?;/m1./s1. The van der Waals surface area contributed by atoms with Crippen molar-refractivity contribution >= 4 is 24.2 Å². The highest BCUT2D eigenvalue weighted by atomic mass is 35.5. The fraction of sp³-hybridized carbons (Fsp3) is 0.818. The number of halogens is 1. The van der Waals surface area contributed by atoms with Gasteiger partial charge < -0.3 is 16.0 Å². The predicted octanol–water partition coefficient (Wildman–Crippen LogP) is 0.273. The first kappa shape index (κ1) is 16.2. The molecule has 0 bridgehead atoms. The van der Waals surface area contributed by atoms with Crippen molar-refractivity contribution in [3.05, 3.63) is 0 Å². The number of piperidine rings is 1. The third kappa shape index (κ3) is 4.91. The van der Waals surface area contributed by atoms with Gasteiger partial charge in [-0.25, -0.2) is 0 Å². The Labute approximate surface area is 109 Å². The number of nitrogens with zero attached hydrogens (tertiary/aromatic N) is 1. The molecule has 1 heterocycles. The van der Waals surface area contributed by atoms with E-state index in [0.29, 0.717) is 13.0 Å². The quantitative estimate of drug-likeness (QED) is 0.768. The van der Waals surface area contributed by atoms with Gasteiger partial charge in [0.1, 0.15) is 0 Å². The van der Waals surface area contributed by atoms with E-state index in [4.69, 9.17) is 5.73 Å². The molecule has 0 aromatic carbocycles. The van der Waals surface area contributed by atoms with Gasteiger partial charge in [0, 0.05) is 25.6 Å². The number of rotatable bonds is 3. The van der Waals surface area contributed by atoms with Crippen LogP contribution in [0.15, 0.2) is 0 Å². The van der Waals surface area contributed by atoms with Crippen LogP contribution in [-0.2, 0) is 9.59 Å². The third-order valence-corrected chi connectivity index (χ3v) is 2.81. The van der Waals surface area contributed by atoms with Crippen molar-refractivity contribution in [1.82, 2.24) is 10.2 Å². The van der Waals surface area contributed by atoms with E-state index in [1.165, 1.54) is 0 Å². The first-order chi connectivity index (χ1) is 7.54. The van der Waals surface area contributed by atoms with E-state index in [0.717, 1.165) is 19.4 Å². The lowest BCUT2D eigenvalue weighted by molar-refractivity contribution is -0.134. The molecule has 5 nitrogen and oxygen atoms in total. The van der Waals surface area contributed by atoms with E-state index in [1.807, 2.05) is 6.92 Å². The van der Waals surface area contributed by atoms with Crippen molar-refractivity contribution in [3.8, 4) is 0 Å². The van der Waals surface area contributed by atoms with E-state index < -0.39 is 6.04 Å². The topological polar surface area (TPSA) is 75.4 Å². The maximum absolute atomic E-state index is 11.7. The van der Waals surface area contributed by atoms with Crippen molar-refractivity contribution in [2.24, 2.45) is 5.73 Å². The van der Waals surface area contributed by atoms with E-state index >= 15 is 0 Å². The van der Waals surface area contributed by atoms with Crippen molar-refractivity contribution in [1.29, 1.82) is 0 Å². The van der Waals surface area contributed by atoms with E-state index in [2.05, 4.69) is 5.32 Å². The van der Waals surface area contributed by atoms with Crippen LogP contribution in [0.2, 0.25) is 0 Å². The Bertz CT molecular complexity index is 271. The second-order valence-electron chi connectivity index (χ2n) is 4.33. The second-order valence-corrected chi connectivity index (χ2v) is 4.33. The monoisotopic (exact) mass is 263 g/mol. The van der Waals surface area contributed by atoms with Crippen LogP contribution in [0.4, 0.5) is 0 Å². The summed E-state index contributed by atoms with van der Waals surface area (Å²) in [6.07, 6.45) is 2.35.